The number of rotatable bonds is 7. The third-order valence-electron chi connectivity index (χ3n) is 8.01. The molecule has 1 saturated carbocycles. The molecule has 42 heavy (non-hydrogen) atoms. The van der Waals surface area contributed by atoms with Gasteiger partial charge in [0.25, 0.3) is 0 Å². The van der Waals surface area contributed by atoms with Gasteiger partial charge in [-0.2, -0.15) is 0 Å². The zero-order valence-corrected chi connectivity index (χ0v) is 24.9. The Labute approximate surface area is 250 Å². The van der Waals surface area contributed by atoms with Crippen LogP contribution in [0, 0.1) is 0 Å². The molecule has 2 heterocycles. The monoisotopic (exact) mass is 574 g/mol. The molecule has 3 aromatic carbocycles. The van der Waals surface area contributed by atoms with E-state index in [9.17, 15) is 9.90 Å². The lowest BCUT2D eigenvalue weighted by Gasteiger charge is -2.54. The van der Waals surface area contributed by atoms with Crippen molar-refractivity contribution in [1.29, 1.82) is 0 Å². The lowest BCUT2D eigenvalue weighted by Crippen LogP contribution is -2.60. The highest BCUT2D eigenvalue weighted by Gasteiger charge is 2.50. The van der Waals surface area contributed by atoms with Gasteiger partial charge in [-0.25, -0.2) is 19.7 Å². The highest BCUT2D eigenvalue weighted by Crippen LogP contribution is 2.49. The van der Waals surface area contributed by atoms with E-state index in [1.165, 1.54) is 5.56 Å². The first-order chi connectivity index (χ1) is 20.2. The Kier molecular flexibility index (Phi) is 7.45. The molecule has 0 radical (unpaired) electrons. The largest absolute Gasteiger partial charge is 0.465 e. The molecule has 7 heteroatoms. The SMILES string of the molecule is CC(C)(C)N(C(=O)O)C1(c2ccc(-c3nc4nc(SCc5ccccc5)ncc4cc3-c3ccccc3)cc2)CCC1. The van der Waals surface area contributed by atoms with E-state index in [1.54, 1.807) is 16.7 Å². The minimum Gasteiger partial charge on any atom is -0.465 e. The lowest BCUT2D eigenvalue weighted by molar-refractivity contribution is -0.0328. The number of hydrogen-bond donors (Lipinski definition) is 1. The summed E-state index contributed by atoms with van der Waals surface area (Å²) in [5.74, 6) is 0.784. The van der Waals surface area contributed by atoms with Gasteiger partial charge in [-0.05, 0) is 62.8 Å². The summed E-state index contributed by atoms with van der Waals surface area (Å²) in [5.41, 5.74) is 5.74. The number of amides is 1. The fraction of sp³-hybridized carbons (Fsp3) is 0.257. The summed E-state index contributed by atoms with van der Waals surface area (Å²) in [6, 6.07) is 31.0. The Hall–Kier alpha value is -4.23. The molecule has 0 saturated heterocycles. The maximum absolute atomic E-state index is 12.4. The molecule has 6 nitrogen and oxygen atoms in total. The van der Waals surface area contributed by atoms with Crippen molar-refractivity contribution < 1.29 is 9.90 Å². The Morgan fingerprint density at radius 2 is 1.57 bits per heavy atom. The normalized spacial score (nSPS) is 14.4. The van der Waals surface area contributed by atoms with E-state index in [0.717, 1.165) is 58.3 Å². The average molecular weight is 575 g/mol. The summed E-state index contributed by atoms with van der Waals surface area (Å²) in [6.07, 6.45) is 3.62. The van der Waals surface area contributed by atoms with Gasteiger partial charge in [0.2, 0.25) is 0 Å². The van der Waals surface area contributed by atoms with Crippen LogP contribution in [0.1, 0.15) is 51.2 Å². The maximum atomic E-state index is 12.4. The minimum absolute atomic E-state index is 0.513. The molecule has 0 spiro atoms. The van der Waals surface area contributed by atoms with Crippen LogP contribution in [0.4, 0.5) is 4.79 Å². The third kappa shape index (κ3) is 5.37. The summed E-state index contributed by atoms with van der Waals surface area (Å²) in [7, 11) is 0. The van der Waals surface area contributed by atoms with Crippen molar-refractivity contribution in [2.75, 3.05) is 0 Å². The molecule has 212 valence electrons. The molecule has 0 atom stereocenters. The van der Waals surface area contributed by atoms with Gasteiger partial charge in [-0.1, -0.05) is 96.7 Å². The molecular weight excluding hydrogens is 540 g/mol. The molecular formula is C35H34N4O2S. The second-order valence-corrected chi connectivity index (χ2v) is 12.8. The van der Waals surface area contributed by atoms with Crippen molar-refractivity contribution in [2.24, 2.45) is 0 Å². The molecule has 0 bridgehead atoms. The van der Waals surface area contributed by atoms with E-state index in [-0.39, 0.29) is 0 Å². The van der Waals surface area contributed by atoms with E-state index in [2.05, 4.69) is 59.6 Å². The number of carbonyl (C=O) groups is 1. The van der Waals surface area contributed by atoms with Crippen LogP contribution < -0.4 is 0 Å². The van der Waals surface area contributed by atoms with Gasteiger partial charge in [0, 0.05) is 34.0 Å². The number of carboxylic acid groups (broad SMARTS) is 1. The second kappa shape index (κ2) is 11.2. The van der Waals surface area contributed by atoms with Gasteiger partial charge < -0.3 is 5.11 Å². The highest BCUT2D eigenvalue weighted by atomic mass is 32.2. The third-order valence-corrected chi connectivity index (χ3v) is 8.94. The van der Waals surface area contributed by atoms with Gasteiger partial charge in [-0.3, -0.25) is 4.90 Å². The number of nitrogens with zero attached hydrogens (tertiary/aromatic N) is 4. The Morgan fingerprint density at radius 3 is 2.17 bits per heavy atom. The van der Waals surface area contributed by atoms with Gasteiger partial charge in [-0.15, -0.1) is 0 Å². The van der Waals surface area contributed by atoms with Crippen LogP contribution in [0.3, 0.4) is 0 Å². The lowest BCUT2D eigenvalue weighted by atomic mass is 9.69. The summed E-state index contributed by atoms with van der Waals surface area (Å²) < 4.78 is 0. The van der Waals surface area contributed by atoms with Gasteiger partial charge in [0.15, 0.2) is 10.8 Å². The highest BCUT2D eigenvalue weighted by molar-refractivity contribution is 7.98. The number of fused-ring (bicyclic) bond motifs is 1. The Morgan fingerprint density at radius 1 is 0.905 bits per heavy atom. The Balaban J connectivity index is 1.40. The van der Waals surface area contributed by atoms with Crippen molar-refractivity contribution in [3.63, 3.8) is 0 Å². The van der Waals surface area contributed by atoms with Crippen molar-refractivity contribution in [2.45, 2.75) is 62.0 Å². The standard InChI is InChI=1S/C35H34N4O2S/c1-34(2,3)39(33(40)41)35(19-10-20-35)28-17-15-26(16-18-28)30-29(25-13-8-5-9-14-25)21-27-22-36-32(38-31(27)37-30)42-23-24-11-6-4-7-12-24/h4-9,11-18,21-22H,10,19-20,23H2,1-3H3,(H,40,41). The van der Waals surface area contributed by atoms with Crippen molar-refractivity contribution in [3.8, 4) is 22.4 Å². The average Bonchev–Trinajstić information content (AvgIpc) is 2.97. The van der Waals surface area contributed by atoms with E-state index in [0.29, 0.717) is 10.8 Å². The molecule has 1 aliphatic rings. The fourth-order valence-electron chi connectivity index (χ4n) is 6.00. The van der Waals surface area contributed by atoms with E-state index in [4.69, 9.17) is 9.97 Å². The molecule has 1 N–H and O–H groups in total. The quantitative estimate of drug-likeness (QED) is 0.155. The van der Waals surface area contributed by atoms with Gasteiger partial charge in [0.05, 0.1) is 11.2 Å². The first kappa shape index (κ1) is 27.9. The molecule has 6 rings (SSSR count). The number of thioether (sulfide) groups is 1. The van der Waals surface area contributed by atoms with E-state index >= 15 is 0 Å². The van der Waals surface area contributed by atoms with Crippen LogP contribution in [-0.2, 0) is 11.3 Å². The number of hydrogen-bond acceptors (Lipinski definition) is 5. The Bertz CT molecular complexity index is 1710. The van der Waals surface area contributed by atoms with Gasteiger partial charge >= 0.3 is 6.09 Å². The predicted octanol–water partition coefficient (Wildman–Crippen LogP) is 8.81. The van der Waals surface area contributed by atoms with Crippen LogP contribution in [-0.4, -0.2) is 36.6 Å². The van der Waals surface area contributed by atoms with Gasteiger partial charge in [0.1, 0.15) is 0 Å². The first-order valence-electron chi connectivity index (χ1n) is 14.3. The molecule has 1 fully saturated rings. The predicted molar refractivity (Wildman–Crippen MR) is 169 cm³/mol. The summed E-state index contributed by atoms with van der Waals surface area (Å²) >= 11 is 1.60. The molecule has 0 unspecified atom stereocenters. The molecule has 5 aromatic rings. The van der Waals surface area contributed by atoms with Crippen molar-refractivity contribution >= 4 is 28.9 Å². The first-order valence-corrected chi connectivity index (χ1v) is 15.3. The van der Waals surface area contributed by atoms with E-state index in [1.807, 2.05) is 63.4 Å². The van der Waals surface area contributed by atoms with Crippen LogP contribution in [0.5, 0.6) is 0 Å². The fourth-order valence-corrected chi connectivity index (χ4v) is 6.77. The number of pyridine rings is 1. The molecule has 1 amide bonds. The van der Waals surface area contributed by atoms with Crippen molar-refractivity contribution in [1.82, 2.24) is 19.9 Å². The summed E-state index contributed by atoms with van der Waals surface area (Å²) in [5, 5.41) is 11.8. The zero-order chi connectivity index (χ0) is 29.3. The maximum Gasteiger partial charge on any atom is 0.408 e. The zero-order valence-electron chi connectivity index (χ0n) is 24.1. The van der Waals surface area contributed by atoms with Crippen LogP contribution >= 0.6 is 11.8 Å². The molecule has 1 aliphatic carbocycles. The topological polar surface area (TPSA) is 79.2 Å². The number of aromatic nitrogens is 3. The van der Waals surface area contributed by atoms with Crippen LogP contribution in [0.25, 0.3) is 33.4 Å². The minimum atomic E-state index is -0.880. The second-order valence-electron chi connectivity index (χ2n) is 11.8. The smallest absolute Gasteiger partial charge is 0.408 e. The summed E-state index contributed by atoms with van der Waals surface area (Å²) in [4.78, 5) is 28.6. The summed E-state index contributed by atoms with van der Waals surface area (Å²) in [6.45, 7) is 5.90. The van der Waals surface area contributed by atoms with Crippen molar-refractivity contribution in [3.05, 3.63) is 108 Å². The van der Waals surface area contributed by atoms with Crippen LogP contribution in [0.2, 0.25) is 0 Å². The molecule has 0 aliphatic heterocycles. The van der Waals surface area contributed by atoms with E-state index < -0.39 is 17.2 Å². The van der Waals surface area contributed by atoms with Crippen LogP contribution in [0.15, 0.2) is 102 Å². The molecule has 2 aromatic heterocycles. The number of benzene rings is 3.